The second-order valence-electron chi connectivity index (χ2n) is 5.89. The van der Waals surface area contributed by atoms with E-state index in [4.69, 9.17) is 4.74 Å². The van der Waals surface area contributed by atoms with Crippen LogP contribution in [-0.2, 0) is 0 Å². The highest BCUT2D eigenvalue weighted by molar-refractivity contribution is 6.08. The maximum atomic E-state index is 13.7. The molecule has 0 fully saturated rings. The van der Waals surface area contributed by atoms with Crippen LogP contribution in [0.4, 0.5) is 20.2 Å². The van der Waals surface area contributed by atoms with Gasteiger partial charge in [0.2, 0.25) is 0 Å². The standard InChI is InChI=1S/C21H17F2N3O3/c1-2-29-19-6-4-3-5-17(19)26-21(28)18-11-13(9-10-24-18)20(27)25-16-8-7-14(22)12-15(16)23/h3-12H,2H2,1H3,(H,25,27)(H,26,28). The molecule has 2 aromatic carbocycles. The Labute approximate surface area is 165 Å². The monoisotopic (exact) mass is 397 g/mol. The van der Waals surface area contributed by atoms with Crippen LogP contribution in [0, 0.1) is 11.6 Å². The van der Waals surface area contributed by atoms with Gasteiger partial charge in [-0.15, -0.1) is 0 Å². The van der Waals surface area contributed by atoms with Gasteiger partial charge in [0.05, 0.1) is 18.0 Å². The lowest BCUT2D eigenvalue weighted by atomic mass is 10.2. The van der Waals surface area contributed by atoms with Crippen molar-refractivity contribution in [2.75, 3.05) is 17.2 Å². The lowest BCUT2D eigenvalue weighted by molar-refractivity contribution is 0.102. The van der Waals surface area contributed by atoms with Gasteiger partial charge in [0.25, 0.3) is 11.8 Å². The molecule has 1 heterocycles. The number of hydrogen-bond acceptors (Lipinski definition) is 4. The number of benzene rings is 2. The lowest BCUT2D eigenvalue weighted by Crippen LogP contribution is -2.17. The average Bonchev–Trinajstić information content (AvgIpc) is 2.71. The molecule has 0 spiro atoms. The third-order valence-electron chi connectivity index (χ3n) is 3.87. The summed E-state index contributed by atoms with van der Waals surface area (Å²) >= 11 is 0. The number of rotatable bonds is 6. The van der Waals surface area contributed by atoms with E-state index in [-0.39, 0.29) is 16.9 Å². The second kappa shape index (κ2) is 8.92. The lowest BCUT2D eigenvalue weighted by Gasteiger charge is -2.11. The summed E-state index contributed by atoms with van der Waals surface area (Å²) in [6.45, 7) is 2.26. The summed E-state index contributed by atoms with van der Waals surface area (Å²) in [5, 5.41) is 5.02. The van der Waals surface area contributed by atoms with E-state index in [2.05, 4.69) is 15.6 Å². The van der Waals surface area contributed by atoms with Crippen molar-refractivity contribution in [1.82, 2.24) is 4.98 Å². The fourth-order valence-corrected chi connectivity index (χ4v) is 2.52. The normalized spacial score (nSPS) is 10.3. The maximum Gasteiger partial charge on any atom is 0.274 e. The zero-order valence-electron chi connectivity index (χ0n) is 15.4. The Kier molecular flexibility index (Phi) is 6.13. The third-order valence-corrected chi connectivity index (χ3v) is 3.87. The predicted molar refractivity (Wildman–Crippen MR) is 104 cm³/mol. The van der Waals surface area contributed by atoms with Crippen molar-refractivity contribution < 1.29 is 23.1 Å². The number of para-hydroxylation sites is 2. The van der Waals surface area contributed by atoms with Gasteiger partial charge < -0.3 is 15.4 Å². The fraction of sp³-hybridized carbons (Fsp3) is 0.0952. The van der Waals surface area contributed by atoms with Gasteiger partial charge in [0.1, 0.15) is 23.1 Å². The van der Waals surface area contributed by atoms with Crippen LogP contribution in [0.2, 0.25) is 0 Å². The minimum Gasteiger partial charge on any atom is -0.492 e. The van der Waals surface area contributed by atoms with Crippen molar-refractivity contribution in [1.29, 1.82) is 0 Å². The van der Waals surface area contributed by atoms with Gasteiger partial charge in [0.15, 0.2) is 0 Å². The average molecular weight is 397 g/mol. The number of nitrogens with zero attached hydrogens (tertiary/aromatic N) is 1. The van der Waals surface area contributed by atoms with Crippen molar-refractivity contribution in [3.8, 4) is 5.75 Å². The SMILES string of the molecule is CCOc1ccccc1NC(=O)c1cc(C(=O)Nc2ccc(F)cc2F)ccn1. The summed E-state index contributed by atoms with van der Waals surface area (Å²) in [4.78, 5) is 28.9. The highest BCUT2D eigenvalue weighted by Gasteiger charge is 2.15. The molecule has 6 nitrogen and oxygen atoms in total. The number of hydrogen-bond donors (Lipinski definition) is 2. The molecule has 0 radical (unpaired) electrons. The molecule has 3 rings (SSSR count). The van der Waals surface area contributed by atoms with Gasteiger partial charge in [-0.2, -0.15) is 0 Å². The van der Waals surface area contributed by atoms with Crippen LogP contribution in [0.15, 0.2) is 60.8 Å². The number of halogens is 2. The Morgan fingerprint density at radius 3 is 2.48 bits per heavy atom. The first-order valence-corrected chi connectivity index (χ1v) is 8.73. The predicted octanol–water partition coefficient (Wildman–Crippen LogP) is 4.26. The molecule has 1 aromatic heterocycles. The summed E-state index contributed by atoms with van der Waals surface area (Å²) in [7, 11) is 0. The van der Waals surface area contributed by atoms with Crippen molar-refractivity contribution >= 4 is 23.2 Å². The number of pyridine rings is 1. The molecular weight excluding hydrogens is 380 g/mol. The van der Waals surface area contributed by atoms with Crippen LogP contribution in [0.3, 0.4) is 0 Å². The molecule has 8 heteroatoms. The molecule has 29 heavy (non-hydrogen) atoms. The first-order valence-electron chi connectivity index (χ1n) is 8.73. The first-order chi connectivity index (χ1) is 14.0. The number of nitrogens with one attached hydrogen (secondary N) is 2. The summed E-state index contributed by atoms with van der Waals surface area (Å²) in [6, 6.07) is 12.4. The number of ether oxygens (including phenoxy) is 1. The van der Waals surface area contributed by atoms with E-state index in [0.29, 0.717) is 24.1 Å². The van der Waals surface area contributed by atoms with Gasteiger partial charge in [-0.05, 0) is 43.3 Å². The number of anilines is 2. The topological polar surface area (TPSA) is 80.3 Å². The molecule has 0 atom stereocenters. The van der Waals surface area contributed by atoms with Gasteiger partial charge in [-0.3, -0.25) is 14.6 Å². The molecule has 3 aromatic rings. The highest BCUT2D eigenvalue weighted by Crippen LogP contribution is 2.24. The molecule has 0 saturated heterocycles. The quantitative estimate of drug-likeness (QED) is 0.651. The van der Waals surface area contributed by atoms with E-state index in [0.717, 1.165) is 12.1 Å². The Bertz CT molecular complexity index is 1060. The number of aromatic nitrogens is 1. The second-order valence-corrected chi connectivity index (χ2v) is 5.89. The zero-order valence-corrected chi connectivity index (χ0v) is 15.4. The molecule has 0 aliphatic rings. The largest absolute Gasteiger partial charge is 0.492 e. The van der Waals surface area contributed by atoms with Crippen LogP contribution in [0.25, 0.3) is 0 Å². The molecule has 148 valence electrons. The van der Waals surface area contributed by atoms with E-state index in [1.807, 2.05) is 6.92 Å². The Morgan fingerprint density at radius 2 is 1.72 bits per heavy atom. The summed E-state index contributed by atoms with van der Waals surface area (Å²) in [5.41, 5.74) is 0.366. The van der Waals surface area contributed by atoms with Crippen molar-refractivity contribution in [2.45, 2.75) is 6.92 Å². The van der Waals surface area contributed by atoms with Crippen molar-refractivity contribution in [3.05, 3.63) is 83.7 Å². The van der Waals surface area contributed by atoms with Crippen molar-refractivity contribution in [3.63, 3.8) is 0 Å². The summed E-state index contributed by atoms with van der Waals surface area (Å²) in [6.07, 6.45) is 1.29. The number of amides is 2. The molecule has 0 aliphatic heterocycles. The molecule has 0 saturated carbocycles. The minimum absolute atomic E-state index is 0.0106. The molecule has 0 bridgehead atoms. The van der Waals surface area contributed by atoms with E-state index in [1.54, 1.807) is 24.3 Å². The van der Waals surface area contributed by atoms with Crippen LogP contribution in [0.5, 0.6) is 5.75 Å². The minimum atomic E-state index is -0.905. The number of carbonyl (C=O) groups excluding carboxylic acids is 2. The maximum absolute atomic E-state index is 13.7. The van der Waals surface area contributed by atoms with Crippen LogP contribution >= 0.6 is 0 Å². The van der Waals surface area contributed by atoms with Gasteiger partial charge in [-0.25, -0.2) is 8.78 Å². The van der Waals surface area contributed by atoms with Crippen molar-refractivity contribution in [2.24, 2.45) is 0 Å². The summed E-state index contributed by atoms with van der Waals surface area (Å²) < 4.78 is 32.2. The van der Waals surface area contributed by atoms with Crippen LogP contribution in [0.1, 0.15) is 27.8 Å². The zero-order chi connectivity index (χ0) is 20.8. The van der Waals surface area contributed by atoms with E-state index < -0.39 is 23.4 Å². The number of carbonyl (C=O) groups is 2. The van der Waals surface area contributed by atoms with Gasteiger partial charge >= 0.3 is 0 Å². The molecular formula is C21H17F2N3O3. The smallest absolute Gasteiger partial charge is 0.274 e. The highest BCUT2D eigenvalue weighted by atomic mass is 19.1. The fourth-order valence-electron chi connectivity index (χ4n) is 2.52. The molecule has 0 unspecified atom stereocenters. The Balaban J connectivity index is 1.76. The first kappa shape index (κ1) is 19.9. The van der Waals surface area contributed by atoms with Gasteiger partial charge in [0, 0.05) is 17.8 Å². The molecule has 2 amide bonds. The Morgan fingerprint density at radius 1 is 0.966 bits per heavy atom. The van der Waals surface area contributed by atoms with Gasteiger partial charge in [-0.1, -0.05) is 12.1 Å². The molecule has 2 N–H and O–H groups in total. The van der Waals surface area contributed by atoms with E-state index in [9.17, 15) is 18.4 Å². The third kappa shape index (κ3) is 4.92. The van der Waals surface area contributed by atoms with E-state index in [1.165, 1.54) is 18.3 Å². The van der Waals surface area contributed by atoms with E-state index >= 15 is 0 Å². The van der Waals surface area contributed by atoms with Crippen LogP contribution in [-0.4, -0.2) is 23.4 Å². The summed E-state index contributed by atoms with van der Waals surface area (Å²) in [5.74, 6) is -2.36. The van der Waals surface area contributed by atoms with Crippen LogP contribution < -0.4 is 15.4 Å². The Hall–Kier alpha value is -3.81. The molecule has 0 aliphatic carbocycles.